The molecule has 5 rings (SSSR count). The number of carbonyl (C=O) groups excluding carboxylic acids is 1. The number of anilines is 1. The molecular weight excluding hydrogens is 508 g/mol. The number of benzene rings is 1. The van der Waals surface area contributed by atoms with Crippen molar-refractivity contribution in [3.63, 3.8) is 0 Å². The van der Waals surface area contributed by atoms with Crippen molar-refractivity contribution in [1.82, 2.24) is 29.2 Å². The molecule has 1 aliphatic rings. The molecule has 1 fully saturated rings. The SMILES string of the molecule is CC(=O)N1CCN(c2ncc(-c3ccc4c(=O)n(C)n(Cc5cc(C)ccc5OC(F)F)c4n3)cn2)C[C@H]1C. The van der Waals surface area contributed by atoms with E-state index < -0.39 is 6.61 Å². The first-order chi connectivity index (χ1) is 18.6. The molecule has 0 spiro atoms. The van der Waals surface area contributed by atoms with Gasteiger partial charge in [0.2, 0.25) is 11.9 Å². The van der Waals surface area contributed by atoms with Crippen LogP contribution >= 0.6 is 0 Å². The van der Waals surface area contributed by atoms with Gasteiger partial charge in [-0.1, -0.05) is 17.7 Å². The number of ether oxygens (including phenoxy) is 1. The van der Waals surface area contributed by atoms with Gasteiger partial charge in [-0.05, 0) is 32.0 Å². The van der Waals surface area contributed by atoms with Crippen molar-refractivity contribution in [2.45, 2.75) is 40.0 Å². The van der Waals surface area contributed by atoms with E-state index in [1.165, 1.54) is 10.7 Å². The van der Waals surface area contributed by atoms with Crippen LogP contribution in [0.1, 0.15) is 25.0 Å². The van der Waals surface area contributed by atoms with Crippen LogP contribution in [-0.2, 0) is 18.4 Å². The number of aromatic nitrogens is 5. The van der Waals surface area contributed by atoms with Crippen LogP contribution in [0.25, 0.3) is 22.3 Å². The number of hydrogen-bond donors (Lipinski definition) is 0. The highest BCUT2D eigenvalue weighted by atomic mass is 19.3. The van der Waals surface area contributed by atoms with Gasteiger partial charge in [-0.3, -0.25) is 19.0 Å². The van der Waals surface area contributed by atoms with Crippen LogP contribution in [0.15, 0.2) is 47.5 Å². The van der Waals surface area contributed by atoms with Crippen LogP contribution in [0.2, 0.25) is 0 Å². The van der Waals surface area contributed by atoms with Gasteiger partial charge in [0.05, 0.1) is 17.6 Å². The fraction of sp³-hybridized carbons (Fsp3) is 0.370. The highest BCUT2D eigenvalue weighted by Crippen LogP contribution is 2.26. The van der Waals surface area contributed by atoms with E-state index in [1.807, 2.05) is 23.6 Å². The first-order valence-electron chi connectivity index (χ1n) is 12.6. The van der Waals surface area contributed by atoms with E-state index in [1.54, 1.807) is 55.3 Å². The van der Waals surface area contributed by atoms with Gasteiger partial charge in [0.15, 0.2) is 5.65 Å². The number of aryl methyl sites for hydroxylation is 1. The smallest absolute Gasteiger partial charge is 0.387 e. The third-order valence-corrected chi connectivity index (χ3v) is 7.01. The topological polar surface area (TPSA) is 98.4 Å². The number of carbonyl (C=O) groups is 1. The maximum absolute atomic E-state index is 13.0. The second kappa shape index (κ2) is 10.4. The normalized spacial score (nSPS) is 15.8. The zero-order chi connectivity index (χ0) is 27.8. The third-order valence-electron chi connectivity index (χ3n) is 7.01. The summed E-state index contributed by atoms with van der Waals surface area (Å²) in [7, 11) is 1.61. The Labute approximate surface area is 223 Å². The lowest BCUT2D eigenvalue weighted by Gasteiger charge is -2.39. The van der Waals surface area contributed by atoms with Crippen LogP contribution < -0.4 is 15.2 Å². The van der Waals surface area contributed by atoms with E-state index in [0.717, 1.165) is 5.56 Å². The molecule has 0 aliphatic carbocycles. The summed E-state index contributed by atoms with van der Waals surface area (Å²) in [5, 5.41) is 0.403. The zero-order valence-corrected chi connectivity index (χ0v) is 22.1. The Morgan fingerprint density at radius 2 is 1.90 bits per heavy atom. The summed E-state index contributed by atoms with van der Waals surface area (Å²) >= 11 is 0. The molecule has 1 aromatic carbocycles. The first kappa shape index (κ1) is 26.3. The number of fused-ring (bicyclic) bond motifs is 1. The number of rotatable bonds is 6. The van der Waals surface area contributed by atoms with E-state index in [0.29, 0.717) is 53.4 Å². The fourth-order valence-electron chi connectivity index (χ4n) is 5.01. The number of halogens is 2. The van der Waals surface area contributed by atoms with Crippen molar-refractivity contribution < 1.29 is 18.3 Å². The van der Waals surface area contributed by atoms with Crippen LogP contribution in [0, 0.1) is 6.92 Å². The first-order valence-corrected chi connectivity index (χ1v) is 12.6. The highest BCUT2D eigenvalue weighted by molar-refractivity contribution is 5.78. The number of alkyl halides is 2. The van der Waals surface area contributed by atoms with Gasteiger partial charge in [0, 0.05) is 63.2 Å². The number of hydrogen-bond acceptors (Lipinski definition) is 7. The van der Waals surface area contributed by atoms with Gasteiger partial charge in [-0.15, -0.1) is 0 Å². The summed E-state index contributed by atoms with van der Waals surface area (Å²) in [5.74, 6) is 0.667. The molecule has 0 N–H and O–H groups in total. The summed E-state index contributed by atoms with van der Waals surface area (Å²) < 4.78 is 33.8. The summed E-state index contributed by atoms with van der Waals surface area (Å²) in [5.41, 5.74) is 2.76. The van der Waals surface area contributed by atoms with Crippen molar-refractivity contribution in [2.24, 2.45) is 7.05 Å². The molecule has 0 radical (unpaired) electrons. The van der Waals surface area contributed by atoms with E-state index >= 15 is 0 Å². The molecular formula is C27H29F2N7O3. The standard InChI is InChI=1S/C27H29F2N7O3/c1-16-5-8-23(39-26(28)29)19(11-16)15-36-24-21(25(38)33(36)4)6-7-22(32-24)20-12-30-27(31-13-20)34-9-10-35(18(3)37)17(2)14-34/h5-8,11-13,17,26H,9-10,14-15H2,1-4H3/t17-/m1/s1. The van der Waals surface area contributed by atoms with Gasteiger partial charge in [0.25, 0.3) is 5.56 Å². The number of nitrogens with zero attached hydrogens (tertiary/aromatic N) is 7. The number of amides is 1. The Morgan fingerprint density at radius 3 is 2.56 bits per heavy atom. The molecule has 0 unspecified atom stereocenters. The van der Waals surface area contributed by atoms with E-state index in [2.05, 4.69) is 9.97 Å². The van der Waals surface area contributed by atoms with Crippen LogP contribution in [0.4, 0.5) is 14.7 Å². The molecule has 1 atom stereocenters. The highest BCUT2D eigenvalue weighted by Gasteiger charge is 2.26. The average Bonchev–Trinajstić information content (AvgIpc) is 3.14. The lowest BCUT2D eigenvalue weighted by atomic mass is 10.1. The molecule has 1 saturated heterocycles. The molecule has 1 aliphatic heterocycles. The van der Waals surface area contributed by atoms with E-state index in [9.17, 15) is 18.4 Å². The largest absolute Gasteiger partial charge is 0.434 e. The van der Waals surface area contributed by atoms with Crippen LogP contribution in [0.3, 0.4) is 0 Å². The Hall–Kier alpha value is -4.35. The van der Waals surface area contributed by atoms with Crippen molar-refractivity contribution in [2.75, 3.05) is 24.5 Å². The monoisotopic (exact) mass is 537 g/mol. The minimum atomic E-state index is -2.97. The summed E-state index contributed by atoms with van der Waals surface area (Å²) in [6.45, 7) is 4.45. The van der Waals surface area contributed by atoms with Crippen molar-refractivity contribution >= 4 is 22.9 Å². The second-order valence-corrected chi connectivity index (χ2v) is 9.72. The molecule has 4 aromatic rings. The molecule has 10 nitrogen and oxygen atoms in total. The summed E-state index contributed by atoms with van der Waals surface area (Å²) in [6.07, 6.45) is 3.36. The second-order valence-electron chi connectivity index (χ2n) is 9.72. The van der Waals surface area contributed by atoms with Gasteiger partial charge in [-0.25, -0.2) is 15.0 Å². The zero-order valence-electron chi connectivity index (χ0n) is 22.1. The van der Waals surface area contributed by atoms with Gasteiger partial charge >= 0.3 is 6.61 Å². The van der Waals surface area contributed by atoms with Crippen LogP contribution in [-0.4, -0.2) is 67.4 Å². The molecule has 0 bridgehead atoms. The van der Waals surface area contributed by atoms with Crippen molar-refractivity contribution in [3.05, 3.63) is 64.2 Å². The Morgan fingerprint density at radius 1 is 1.15 bits per heavy atom. The van der Waals surface area contributed by atoms with Crippen molar-refractivity contribution in [1.29, 1.82) is 0 Å². The molecule has 1 amide bonds. The Kier molecular flexibility index (Phi) is 7.02. The van der Waals surface area contributed by atoms with Crippen molar-refractivity contribution in [3.8, 4) is 17.0 Å². The Balaban J connectivity index is 1.45. The molecule has 4 heterocycles. The number of piperazine rings is 1. The summed E-state index contributed by atoms with van der Waals surface area (Å²) in [6, 6.07) is 8.43. The maximum Gasteiger partial charge on any atom is 0.387 e. The minimum Gasteiger partial charge on any atom is -0.434 e. The minimum absolute atomic E-state index is 0.0449. The lowest BCUT2D eigenvalue weighted by molar-refractivity contribution is -0.131. The molecule has 39 heavy (non-hydrogen) atoms. The molecule has 0 saturated carbocycles. The number of pyridine rings is 1. The third kappa shape index (κ3) is 5.18. The lowest BCUT2D eigenvalue weighted by Crippen LogP contribution is -2.53. The quantitative estimate of drug-likeness (QED) is 0.373. The summed E-state index contributed by atoms with van der Waals surface area (Å²) in [4.78, 5) is 42.4. The maximum atomic E-state index is 13.0. The Bertz CT molecular complexity index is 1580. The van der Waals surface area contributed by atoms with Gasteiger partial charge < -0.3 is 14.5 Å². The predicted molar refractivity (Wildman–Crippen MR) is 142 cm³/mol. The molecule has 204 valence electrons. The molecule has 12 heteroatoms. The van der Waals surface area contributed by atoms with Crippen LogP contribution in [0.5, 0.6) is 5.75 Å². The fourth-order valence-corrected chi connectivity index (χ4v) is 5.01. The van der Waals surface area contributed by atoms with E-state index in [4.69, 9.17) is 9.72 Å². The van der Waals surface area contributed by atoms with Gasteiger partial charge in [0.1, 0.15) is 5.75 Å². The molecule has 3 aromatic heterocycles. The van der Waals surface area contributed by atoms with Gasteiger partial charge in [-0.2, -0.15) is 8.78 Å². The average molecular weight is 538 g/mol. The van der Waals surface area contributed by atoms with E-state index in [-0.39, 0.29) is 29.8 Å². The predicted octanol–water partition coefficient (Wildman–Crippen LogP) is 3.21.